The number of halogens is 2. The lowest BCUT2D eigenvalue weighted by Gasteiger charge is -2.37. The molecule has 0 spiro atoms. The third-order valence-electron chi connectivity index (χ3n) is 4.34. The molecule has 126 valence electrons. The fourth-order valence-corrected chi connectivity index (χ4v) is 3.82. The molecular weight excluding hydrogens is 388 g/mol. The van der Waals surface area contributed by atoms with Crippen LogP contribution in [0.15, 0.2) is 54.6 Å². The molecule has 3 rings (SSSR count). The number of carbonyl (C=O) groups excluding carboxylic acids is 1. The zero-order valence-electron chi connectivity index (χ0n) is 13.4. The topological polar surface area (TPSA) is 23.6 Å². The molecule has 0 aromatic heterocycles. The highest BCUT2D eigenvalue weighted by Gasteiger charge is 2.26. The van der Waals surface area contributed by atoms with E-state index in [1.165, 1.54) is 5.69 Å². The first-order chi connectivity index (χ1) is 11.6. The van der Waals surface area contributed by atoms with Crippen molar-refractivity contribution >= 4 is 39.1 Å². The molecule has 0 aliphatic carbocycles. The summed E-state index contributed by atoms with van der Waals surface area (Å²) < 4.78 is 0. The van der Waals surface area contributed by atoms with Crippen LogP contribution in [0.2, 0.25) is 5.02 Å². The molecule has 1 fully saturated rings. The molecule has 3 nitrogen and oxygen atoms in total. The number of alkyl halides is 1. The van der Waals surface area contributed by atoms with Crippen LogP contribution in [-0.4, -0.2) is 41.8 Å². The maximum atomic E-state index is 12.7. The van der Waals surface area contributed by atoms with Crippen molar-refractivity contribution < 1.29 is 4.79 Å². The van der Waals surface area contributed by atoms with Gasteiger partial charge in [-0.25, -0.2) is 0 Å². The van der Waals surface area contributed by atoms with Crippen molar-refractivity contribution in [2.24, 2.45) is 0 Å². The fraction of sp³-hybridized carbons (Fsp3) is 0.316. The number of rotatable bonds is 4. The first-order valence-electron chi connectivity index (χ1n) is 8.11. The Morgan fingerprint density at radius 3 is 2.29 bits per heavy atom. The Hall–Kier alpha value is -1.52. The van der Waals surface area contributed by atoms with Gasteiger partial charge < -0.3 is 9.80 Å². The zero-order chi connectivity index (χ0) is 16.9. The van der Waals surface area contributed by atoms with Crippen molar-refractivity contribution in [3.63, 3.8) is 0 Å². The van der Waals surface area contributed by atoms with Crippen LogP contribution in [0.4, 0.5) is 5.69 Å². The molecule has 1 atom stereocenters. The van der Waals surface area contributed by atoms with E-state index in [2.05, 4.69) is 33.0 Å². The van der Waals surface area contributed by atoms with Crippen LogP contribution in [0.5, 0.6) is 0 Å². The lowest BCUT2D eigenvalue weighted by molar-refractivity contribution is -0.130. The van der Waals surface area contributed by atoms with Crippen LogP contribution in [0.1, 0.15) is 5.56 Å². The van der Waals surface area contributed by atoms with Gasteiger partial charge in [0.05, 0.1) is 4.83 Å². The average molecular weight is 408 g/mol. The molecule has 0 bridgehead atoms. The molecule has 1 unspecified atom stereocenters. The molecule has 24 heavy (non-hydrogen) atoms. The van der Waals surface area contributed by atoms with Gasteiger partial charge in [-0.3, -0.25) is 4.79 Å². The van der Waals surface area contributed by atoms with E-state index in [1.54, 1.807) is 0 Å². The van der Waals surface area contributed by atoms with E-state index < -0.39 is 0 Å². The summed E-state index contributed by atoms with van der Waals surface area (Å²) in [5, 5.41) is 0.712. The zero-order valence-corrected chi connectivity index (χ0v) is 15.7. The molecule has 0 radical (unpaired) electrons. The second kappa shape index (κ2) is 8.04. The van der Waals surface area contributed by atoms with E-state index in [9.17, 15) is 4.79 Å². The SMILES string of the molecule is O=C(C(Br)Cc1ccccc1Cl)N1CCN(c2ccccc2)CC1. The van der Waals surface area contributed by atoms with Crippen molar-refractivity contribution in [1.29, 1.82) is 0 Å². The van der Waals surface area contributed by atoms with E-state index in [1.807, 2.05) is 47.4 Å². The number of hydrogen-bond acceptors (Lipinski definition) is 2. The summed E-state index contributed by atoms with van der Waals surface area (Å²) in [7, 11) is 0. The van der Waals surface area contributed by atoms with Crippen LogP contribution < -0.4 is 4.90 Å². The predicted octanol–water partition coefficient (Wildman–Crippen LogP) is 3.99. The molecule has 2 aromatic carbocycles. The van der Waals surface area contributed by atoms with Gasteiger partial charge in [-0.05, 0) is 30.2 Å². The largest absolute Gasteiger partial charge is 0.368 e. The standard InChI is InChI=1S/C19H20BrClN2O/c20-17(14-15-6-4-5-9-18(15)21)19(24)23-12-10-22(11-13-23)16-7-2-1-3-8-16/h1-9,17H,10-14H2. The molecule has 1 amide bonds. The highest BCUT2D eigenvalue weighted by atomic mass is 79.9. The second-order valence-corrected chi connectivity index (χ2v) is 7.42. The number of piperazine rings is 1. The Morgan fingerprint density at radius 2 is 1.62 bits per heavy atom. The van der Waals surface area contributed by atoms with Gasteiger partial charge in [0.2, 0.25) is 5.91 Å². The fourth-order valence-electron chi connectivity index (χ4n) is 2.97. The summed E-state index contributed by atoms with van der Waals surface area (Å²) in [5.41, 5.74) is 2.22. The van der Waals surface area contributed by atoms with Crippen LogP contribution in [0.25, 0.3) is 0 Å². The average Bonchev–Trinajstić information content (AvgIpc) is 2.64. The molecule has 0 N–H and O–H groups in total. The van der Waals surface area contributed by atoms with E-state index in [-0.39, 0.29) is 10.7 Å². The molecule has 5 heteroatoms. The summed E-state index contributed by atoms with van der Waals surface area (Å²) in [6, 6.07) is 18.0. The Bertz CT molecular complexity index is 687. The number of nitrogens with zero attached hydrogens (tertiary/aromatic N) is 2. The van der Waals surface area contributed by atoms with E-state index in [0.717, 1.165) is 31.7 Å². The third-order valence-corrected chi connectivity index (χ3v) is 5.42. The minimum atomic E-state index is -0.235. The molecule has 1 aliphatic heterocycles. The normalized spacial score (nSPS) is 16.1. The van der Waals surface area contributed by atoms with Crippen LogP contribution in [0.3, 0.4) is 0 Å². The van der Waals surface area contributed by atoms with Crippen molar-refractivity contribution in [3.8, 4) is 0 Å². The smallest absolute Gasteiger partial charge is 0.236 e. The summed E-state index contributed by atoms with van der Waals surface area (Å²) in [6.45, 7) is 3.22. The second-order valence-electron chi connectivity index (χ2n) is 5.91. The Morgan fingerprint density at radius 1 is 1.00 bits per heavy atom. The molecular formula is C19H20BrClN2O. The number of hydrogen-bond donors (Lipinski definition) is 0. The Balaban J connectivity index is 1.56. The van der Waals surface area contributed by atoms with E-state index in [0.29, 0.717) is 11.4 Å². The van der Waals surface area contributed by atoms with E-state index >= 15 is 0 Å². The van der Waals surface area contributed by atoms with Gasteiger partial charge in [0.15, 0.2) is 0 Å². The summed E-state index contributed by atoms with van der Waals surface area (Å²) in [6.07, 6.45) is 0.609. The molecule has 2 aromatic rings. The van der Waals surface area contributed by atoms with Gasteiger partial charge in [-0.15, -0.1) is 0 Å². The third kappa shape index (κ3) is 4.11. The van der Waals surface area contributed by atoms with Gasteiger partial charge in [-0.2, -0.15) is 0 Å². The number of benzene rings is 2. The van der Waals surface area contributed by atoms with Gasteiger partial charge in [0.1, 0.15) is 0 Å². The minimum Gasteiger partial charge on any atom is -0.368 e. The molecule has 1 aliphatic rings. The van der Waals surface area contributed by atoms with Gasteiger partial charge in [0, 0.05) is 36.9 Å². The Labute approximate surface area is 156 Å². The summed E-state index contributed by atoms with van der Waals surface area (Å²) in [5.74, 6) is 0.141. The maximum Gasteiger partial charge on any atom is 0.236 e. The molecule has 1 saturated heterocycles. The highest BCUT2D eigenvalue weighted by molar-refractivity contribution is 9.10. The molecule has 1 heterocycles. The van der Waals surface area contributed by atoms with Crippen LogP contribution >= 0.6 is 27.5 Å². The van der Waals surface area contributed by atoms with Gasteiger partial charge >= 0.3 is 0 Å². The first-order valence-corrected chi connectivity index (χ1v) is 9.41. The van der Waals surface area contributed by atoms with Crippen molar-refractivity contribution in [1.82, 2.24) is 4.90 Å². The number of anilines is 1. The predicted molar refractivity (Wildman–Crippen MR) is 103 cm³/mol. The highest BCUT2D eigenvalue weighted by Crippen LogP contribution is 2.22. The first kappa shape index (κ1) is 17.3. The lowest BCUT2D eigenvalue weighted by atomic mass is 10.1. The number of carbonyl (C=O) groups is 1. The maximum absolute atomic E-state index is 12.7. The molecule has 0 saturated carbocycles. The van der Waals surface area contributed by atoms with Crippen LogP contribution in [0, 0.1) is 0 Å². The summed E-state index contributed by atoms with van der Waals surface area (Å²) in [4.78, 5) is 16.7. The van der Waals surface area contributed by atoms with Crippen molar-refractivity contribution in [2.45, 2.75) is 11.2 Å². The Kier molecular flexibility index (Phi) is 5.80. The number of amides is 1. The quantitative estimate of drug-likeness (QED) is 0.715. The van der Waals surface area contributed by atoms with Crippen molar-refractivity contribution in [2.75, 3.05) is 31.1 Å². The van der Waals surface area contributed by atoms with Crippen molar-refractivity contribution in [3.05, 3.63) is 65.2 Å². The lowest BCUT2D eigenvalue weighted by Crippen LogP contribution is -2.51. The summed E-state index contributed by atoms with van der Waals surface area (Å²) >= 11 is 9.74. The number of para-hydroxylation sites is 1. The minimum absolute atomic E-state index is 0.141. The monoisotopic (exact) mass is 406 g/mol. The van der Waals surface area contributed by atoms with Gasteiger partial charge in [-0.1, -0.05) is 63.9 Å². The van der Waals surface area contributed by atoms with E-state index in [4.69, 9.17) is 11.6 Å². The van der Waals surface area contributed by atoms with Gasteiger partial charge in [0.25, 0.3) is 0 Å². The van der Waals surface area contributed by atoms with Crippen LogP contribution in [-0.2, 0) is 11.2 Å².